The molecule has 0 aliphatic carbocycles. The number of nitrogens with zero attached hydrogens (tertiary/aromatic N) is 10. The minimum Gasteiger partial charge on any atom is -0.353 e. The van der Waals surface area contributed by atoms with Gasteiger partial charge in [0.15, 0.2) is 0 Å². The Hall–Kier alpha value is -5.11. The second-order valence-electron chi connectivity index (χ2n) is 9.67. The van der Waals surface area contributed by atoms with Gasteiger partial charge in [-0.25, -0.2) is 14.5 Å². The number of carbonyl (C=O) groups excluding carboxylic acids is 1. The van der Waals surface area contributed by atoms with Crippen molar-refractivity contribution in [3.05, 3.63) is 78.8 Å². The maximum Gasteiger partial charge on any atom is 0.255 e. The third-order valence-electron chi connectivity index (χ3n) is 6.86. The van der Waals surface area contributed by atoms with Gasteiger partial charge in [0.1, 0.15) is 23.0 Å². The van der Waals surface area contributed by atoms with Gasteiger partial charge in [0.05, 0.1) is 35.5 Å². The Balaban J connectivity index is 1.26. The summed E-state index contributed by atoms with van der Waals surface area (Å²) in [4.78, 5) is 30.5. The van der Waals surface area contributed by atoms with Gasteiger partial charge in [-0.15, -0.1) is 0 Å². The minimum atomic E-state index is -0.00549. The van der Waals surface area contributed by atoms with E-state index < -0.39 is 0 Å². The summed E-state index contributed by atoms with van der Waals surface area (Å²) >= 11 is 0. The van der Waals surface area contributed by atoms with E-state index in [2.05, 4.69) is 40.0 Å². The molecule has 0 radical (unpaired) electrons. The number of carbonyl (C=O) groups is 1. The molecule has 6 heterocycles. The van der Waals surface area contributed by atoms with Crippen LogP contribution in [0.25, 0.3) is 28.0 Å². The summed E-state index contributed by atoms with van der Waals surface area (Å²) in [5.74, 6) is 0.820. The van der Waals surface area contributed by atoms with Crippen molar-refractivity contribution < 1.29 is 4.79 Å². The van der Waals surface area contributed by atoms with Crippen LogP contribution in [0.1, 0.15) is 35.8 Å². The molecule has 39 heavy (non-hydrogen) atoms. The third kappa shape index (κ3) is 4.57. The molecule has 1 fully saturated rings. The molecule has 11 heteroatoms. The highest BCUT2D eigenvalue weighted by Crippen LogP contribution is 2.29. The predicted molar refractivity (Wildman–Crippen MR) is 145 cm³/mol. The number of aromatic nitrogens is 7. The van der Waals surface area contributed by atoms with Crippen molar-refractivity contribution >= 4 is 17.2 Å². The fraction of sp³-hybridized carbons (Fsp3) is 0.250. The quantitative estimate of drug-likeness (QED) is 0.347. The number of rotatable bonds is 5. The van der Waals surface area contributed by atoms with Crippen LogP contribution in [0.3, 0.4) is 0 Å². The van der Waals surface area contributed by atoms with Crippen molar-refractivity contribution in [2.75, 3.05) is 31.1 Å². The van der Waals surface area contributed by atoms with Gasteiger partial charge < -0.3 is 9.80 Å². The Bertz CT molecular complexity index is 1670. The molecule has 0 atom stereocenters. The van der Waals surface area contributed by atoms with Gasteiger partial charge in [-0.2, -0.15) is 15.5 Å². The average molecular weight is 519 g/mol. The standard InChI is InChI=1S/C28H26N10O/c1-19(2)37-17-23(16-32-37)24-18-38-27(22(12-29)15-33-38)26(34-24)20-5-6-25(31-14-20)35-8-10-36(11-9-35)28(39)21-4-3-7-30-13-21/h3-7,13-19H,8-11H2,1-2H3. The summed E-state index contributed by atoms with van der Waals surface area (Å²) < 4.78 is 3.57. The summed E-state index contributed by atoms with van der Waals surface area (Å²) in [5, 5.41) is 18.5. The summed E-state index contributed by atoms with van der Waals surface area (Å²) in [6, 6.07) is 9.93. The molecule has 0 spiro atoms. The van der Waals surface area contributed by atoms with Crippen molar-refractivity contribution in [3.63, 3.8) is 0 Å². The molecule has 1 amide bonds. The third-order valence-corrected chi connectivity index (χ3v) is 6.86. The van der Waals surface area contributed by atoms with E-state index in [1.54, 1.807) is 47.6 Å². The largest absolute Gasteiger partial charge is 0.353 e. The van der Waals surface area contributed by atoms with E-state index in [0.717, 1.165) is 16.9 Å². The maximum absolute atomic E-state index is 12.8. The molecule has 1 aliphatic rings. The Morgan fingerprint density at radius 1 is 0.974 bits per heavy atom. The molecular formula is C28H26N10O. The molecule has 0 N–H and O–H groups in total. The molecule has 6 rings (SSSR count). The van der Waals surface area contributed by atoms with Crippen molar-refractivity contribution in [3.8, 4) is 28.6 Å². The van der Waals surface area contributed by atoms with Crippen molar-refractivity contribution in [1.82, 2.24) is 39.2 Å². The number of pyridine rings is 2. The van der Waals surface area contributed by atoms with E-state index in [1.807, 2.05) is 34.1 Å². The number of amides is 1. The zero-order valence-corrected chi connectivity index (χ0v) is 21.6. The van der Waals surface area contributed by atoms with E-state index in [0.29, 0.717) is 54.2 Å². The number of anilines is 1. The average Bonchev–Trinajstić information content (AvgIpc) is 3.65. The Morgan fingerprint density at radius 2 is 1.82 bits per heavy atom. The molecule has 194 valence electrons. The lowest BCUT2D eigenvalue weighted by Crippen LogP contribution is -2.49. The highest BCUT2D eigenvalue weighted by atomic mass is 16.2. The molecule has 0 saturated carbocycles. The maximum atomic E-state index is 12.8. The fourth-order valence-corrected chi connectivity index (χ4v) is 4.71. The summed E-state index contributed by atoms with van der Waals surface area (Å²) in [6.07, 6.45) is 12.1. The van der Waals surface area contributed by atoms with Gasteiger partial charge in [-0.1, -0.05) is 0 Å². The molecule has 1 aliphatic heterocycles. The normalized spacial score (nSPS) is 13.7. The highest BCUT2D eigenvalue weighted by Gasteiger charge is 2.23. The summed E-state index contributed by atoms with van der Waals surface area (Å²) in [5.41, 5.74) is 4.66. The SMILES string of the molecule is CC(C)n1cc(-c2cn3ncc(C#N)c3c(-c3ccc(N4CCN(C(=O)c5cccnc5)CC4)nc3)n2)cn1. The van der Waals surface area contributed by atoms with Crippen LogP contribution < -0.4 is 4.90 Å². The Labute approximate surface area is 225 Å². The molecular weight excluding hydrogens is 492 g/mol. The molecule has 0 unspecified atom stereocenters. The fourth-order valence-electron chi connectivity index (χ4n) is 4.71. The first-order valence-electron chi connectivity index (χ1n) is 12.8. The van der Waals surface area contributed by atoms with E-state index in [4.69, 9.17) is 9.97 Å². The van der Waals surface area contributed by atoms with E-state index >= 15 is 0 Å². The highest BCUT2D eigenvalue weighted by molar-refractivity contribution is 5.94. The predicted octanol–water partition coefficient (Wildman–Crippen LogP) is 3.46. The van der Waals surface area contributed by atoms with Gasteiger partial charge >= 0.3 is 0 Å². The van der Waals surface area contributed by atoms with Crippen LogP contribution >= 0.6 is 0 Å². The van der Waals surface area contributed by atoms with Gasteiger partial charge in [-0.05, 0) is 38.1 Å². The van der Waals surface area contributed by atoms with Crippen LogP contribution in [0, 0.1) is 11.3 Å². The lowest BCUT2D eigenvalue weighted by Gasteiger charge is -2.35. The molecule has 0 bridgehead atoms. The molecule has 1 saturated heterocycles. The topological polar surface area (TPSA) is 121 Å². The lowest BCUT2D eigenvalue weighted by molar-refractivity contribution is 0.0746. The first-order chi connectivity index (χ1) is 19.0. The van der Waals surface area contributed by atoms with Gasteiger partial charge in [-0.3, -0.25) is 14.5 Å². The number of hydrogen-bond acceptors (Lipinski definition) is 8. The van der Waals surface area contributed by atoms with E-state index in [9.17, 15) is 10.1 Å². The first kappa shape index (κ1) is 24.2. The van der Waals surface area contributed by atoms with Crippen LogP contribution in [0.15, 0.2) is 67.6 Å². The van der Waals surface area contributed by atoms with Crippen molar-refractivity contribution in [1.29, 1.82) is 5.26 Å². The molecule has 5 aromatic rings. The van der Waals surface area contributed by atoms with Crippen LogP contribution in [-0.2, 0) is 0 Å². The van der Waals surface area contributed by atoms with Crippen LogP contribution in [-0.4, -0.2) is 71.3 Å². The number of nitriles is 1. The number of hydrogen-bond donors (Lipinski definition) is 0. The van der Waals surface area contributed by atoms with Crippen LogP contribution in [0.2, 0.25) is 0 Å². The second kappa shape index (κ2) is 9.98. The summed E-state index contributed by atoms with van der Waals surface area (Å²) in [6.45, 7) is 6.70. The zero-order valence-electron chi connectivity index (χ0n) is 21.6. The van der Waals surface area contributed by atoms with Crippen LogP contribution in [0.4, 0.5) is 5.82 Å². The molecule has 11 nitrogen and oxygen atoms in total. The summed E-state index contributed by atoms with van der Waals surface area (Å²) in [7, 11) is 0. The van der Waals surface area contributed by atoms with Crippen molar-refractivity contribution in [2.24, 2.45) is 0 Å². The number of fused-ring (bicyclic) bond motifs is 1. The minimum absolute atomic E-state index is 0.00549. The lowest BCUT2D eigenvalue weighted by atomic mass is 10.1. The smallest absolute Gasteiger partial charge is 0.255 e. The Morgan fingerprint density at radius 3 is 2.49 bits per heavy atom. The Kier molecular flexibility index (Phi) is 6.20. The van der Waals surface area contributed by atoms with E-state index in [-0.39, 0.29) is 11.9 Å². The van der Waals surface area contributed by atoms with E-state index in [1.165, 1.54) is 0 Å². The van der Waals surface area contributed by atoms with Crippen LogP contribution in [0.5, 0.6) is 0 Å². The van der Waals surface area contributed by atoms with Gasteiger partial charge in [0.2, 0.25) is 0 Å². The second-order valence-corrected chi connectivity index (χ2v) is 9.67. The molecule has 5 aromatic heterocycles. The van der Waals surface area contributed by atoms with Gasteiger partial charge in [0, 0.05) is 68.1 Å². The van der Waals surface area contributed by atoms with Crippen molar-refractivity contribution in [2.45, 2.75) is 19.9 Å². The van der Waals surface area contributed by atoms with Gasteiger partial charge in [0.25, 0.3) is 5.91 Å². The molecule has 0 aromatic carbocycles. The number of piperazine rings is 1. The first-order valence-corrected chi connectivity index (χ1v) is 12.8. The zero-order chi connectivity index (χ0) is 26.9. The monoisotopic (exact) mass is 518 g/mol.